The number of thiophene rings is 1. The maximum Gasteiger partial charge on any atom is 0.253 e. The summed E-state index contributed by atoms with van der Waals surface area (Å²) >= 11 is 7.10. The lowest BCUT2D eigenvalue weighted by Crippen LogP contribution is -2.53. The molecule has 1 aromatic carbocycles. The zero-order valence-electron chi connectivity index (χ0n) is 16.9. The standard InChI is InChI=1S/C19H16ClN7O4S2/c20-12-2-1-11-5-16(32-13(11)6-12)33(30,31)27-4-3-26(15(29)8-27)7-14(28)25-19-17-18(22-9-21-17)23-10-24-19/h1-2,5-6,9-10H,3-4,7-8H2,(H2,21,22,23,24,25,28). The lowest BCUT2D eigenvalue weighted by atomic mass is 10.3. The van der Waals surface area contributed by atoms with Gasteiger partial charge in [0.2, 0.25) is 11.8 Å². The minimum atomic E-state index is -3.86. The van der Waals surface area contributed by atoms with Crippen LogP contribution in [0, 0.1) is 0 Å². The molecule has 1 saturated heterocycles. The molecular formula is C19H16ClN7O4S2. The van der Waals surface area contributed by atoms with Crippen molar-refractivity contribution in [1.82, 2.24) is 29.1 Å². The molecule has 0 bridgehead atoms. The molecule has 2 amide bonds. The third kappa shape index (κ3) is 4.15. The molecule has 0 unspecified atom stereocenters. The molecule has 11 nitrogen and oxygen atoms in total. The van der Waals surface area contributed by atoms with E-state index in [9.17, 15) is 18.0 Å². The molecule has 4 heterocycles. The number of H-pyrrole nitrogens is 1. The highest BCUT2D eigenvalue weighted by atomic mass is 35.5. The van der Waals surface area contributed by atoms with Gasteiger partial charge in [-0.15, -0.1) is 11.3 Å². The number of aromatic amines is 1. The van der Waals surface area contributed by atoms with Crippen LogP contribution in [0.3, 0.4) is 0 Å². The van der Waals surface area contributed by atoms with Gasteiger partial charge in [0.25, 0.3) is 10.0 Å². The van der Waals surface area contributed by atoms with Gasteiger partial charge in [-0.1, -0.05) is 17.7 Å². The number of benzene rings is 1. The molecule has 0 saturated carbocycles. The quantitative estimate of drug-likeness (QED) is 0.420. The molecule has 5 rings (SSSR count). The number of piperazine rings is 1. The maximum atomic E-state index is 13.1. The molecule has 3 aromatic heterocycles. The van der Waals surface area contributed by atoms with Gasteiger partial charge in [0.05, 0.1) is 19.4 Å². The molecule has 2 N–H and O–H groups in total. The van der Waals surface area contributed by atoms with E-state index in [-0.39, 0.29) is 36.2 Å². The highest BCUT2D eigenvalue weighted by Crippen LogP contribution is 2.33. The van der Waals surface area contributed by atoms with E-state index in [1.165, 1.54) is 17.6 Å². The molecule has 0 atom stereocenters. The average Bonchev–Trinajstić information content (AvgIpc) is 3.42. The highest BCUT2D eigenvalue weighted by molar-refractivity contribution is 7.91. The normalized spacial score (nSPS) is 15.4. The lowest BCUT2D eigenvalue weighted by Gasteiger charge is -2.32. The molecule has 0 aliphatic carbocycles. The van der Waals surface area contributed by atoms with Crippen LogP contribution in [-0.4, -0.2) is 75.6 Å². The Bertz CT molecular complexity index is 1500. The number of hydrogen-bond donors (Lipinski definition) is 2. The van der Waals surface area contributed by atoms with E-state index in [1.807, 2.05) is 0 Å². The Morgan fingerprint density at radius 1 is 1.21 bits per heavy atom. The number of sulfonamides is 1. The fourth-order valence-corrected chi connectivity index (χ4v) is 6.71. The fraction of sp³-hybridized carbons (Fsp3) is 0.211. The number of aromatic nitrogens is 4. The molecule has 4 aromatic rings. The first-order valence-electron chi connectivity index (χ1n) is 9.72. The average molecular weight is 506 g/mol. The van der Waals surface area contributed by atoms with Gasteiger partial charge in [-0.3, -0.25) is 9.59 Å². The summed E-state index contributed by atoms with van der Waals surface area (Å²) < 4.78 is 28.2. The van der Waals surface area contributed by atoms with Crippen LogP contribution in [0.4, 0.5) is 5.82 Å². The van der Waals surface area contributed by atoms with Gasteiger partial charge in [-0.05, 0) is 23.6 Å². The number of carbonyl (C=O) groups excluding carboxylic acids is 2. The van der Waals surface area contributed by atoms with Gasteiger partial charge in [0.1, 0.15) is 10.5 Å². The van der Waals surface area contributed by atoms with Gasteiger partial charge >= 0.3 is 0 Å². The summed E-state index contributed by atoms with van der Waals surface area (Å²) in [5.74, 6) is -0.703. The second-order valence-corrected chi connectivity index (χ2v) is 11.0. The van der Waals surface area contributed by atoms with Gasteiger partial charge < -0.3 is 15.2 Å². The van der Waals surface area contributed by atoms with Crippen molar-refractivity contribution in [3.8, 4) is 0 Å². The number of fused-ring (bicyclic) bond motifs is 2. The summed E-state index contributed by atoms with van der Waals surface area (Å²) in [7, 11) is -3.86. The third-order valence-corrected chi connectivity index (χ3v) is 8.77. The predicted molar refractivity (Wildman–Crippen MR) is 122 cm³/mol. The lowest BCUT2D eigenvalue weighted by molar-refractivity contribution is -0.137. The Hall–Kier alpha value is -3.13. The van der Waals surface area contributed by atoms with Crippen molar-refractivity contribution in [2.75, 3.05) is 31.5 Å². The highest BCUT2D eigenvalue weighted by Gasteiger charge is 2.34. The SMILES string of the molecule is O=C(CN1CCN(S(=O)(=O)c2cc3ccc(Cl)cc3s2)CC1=O)Nc1ncnc2[nH]cnc12. The second-order valence-electron chi connectivity index (χ2n) is 7.27. The molecule has 1 aliphatic rings. The number of hydrogen-bond acceptors (Lipinski definition) is 8. The van der Waals surface area contributed by atoms with E-state index < -0.39 is 21.8 Å². The Labute approximate surface area is 196 Å². The number of nitrogens with zero attached hydrogens (tertiary/aromatic N) is 5. The topological polar surface area (TPSA) is 141 Å². The third-order valence-electron chi connectivity index (χ3n) is 5.15. The van der Waals surface area contributed by atoms with Crippen molar-refractivity contribution in [3.05, 3.63) is 41.9 Å². The second kappa shape index (κ2) is 8.33. The molecule has 1 aliphatic heterocycles. The van der Waals surface area contributed by atoms with Crippen LogP contribution in [0.25, 0.3) is 21.3 Å². The first-order chi connectivity index (χ1) is 15.8. The monoisotopic (exact) mass is 505 g/mol. The van der Waals surface area contributed by atoms with E-state index in [2.05, 4.69) is 25.3 Å². The van der Waals surface area contributed by atoms with Crippen molar-refractivity contribution < 1.29 is 18.0 Å². The van der Waals surface area contributed by atoms with E-state index in [4.69, 9.17) is 11.6 Å². The molecular weight excluding hydrogens is 490 g/mol. The van der Waals surface area contributed by atoms with Crippen LogP contribution in [0.2, 0.25) is 5.02 Å². The maximum absolute atomic E-state index is 13.1. The molecule has 0 radical (unpaired) electrons. The van der Waals surface area contributed by atoms with Crippen molar-refractivity contribution in [3.63, 3.8) is 0 Å². The van der Waals surface area contributed by atoms with E-state index in [0.717, 1.165) is 25.7 Å². The first-order valence-corrected chi connectivity index (χ1v) is 12.4. The summed E-state index contributed by atoms with van der Waals surface area (Å²) in [6, 6.07) is 6.73. The Balaban J connectivity index is 1.26. The van der Waals surface area contributed by atoms with Crippen LogP contribution < -0.4 is 5.32 Å². The number of nitrogens with one attached hydrogen (secondary N) is 2. The molecule has 14 heteroatoms. The van der Waals surface area contributed by atoms with Crippen molar-refractivity contribution in [1.29, 1.82) is 0 Å². The smallest absolute Gasteiger partial charge is 0.253 e. The summed E-state index contributed by atoms with van der Waals surface area (Å²) in [6.45, 7) is -0.414. The van der Waals surface area contributed by atoms with Gasteiger partial charge in [0.15, 0.2) is 17.0 Å². The summed E-state index contributed by atoms with van der Waals surface area (Å²) in [4.78, 5) is 41.3. The van der Waals surface area contributed by atoms with Crippen LogP contribution in [0.5, 0.6) is 0 Å². The van der Waals surface area contributed by atoms with Crippen LogP contribution in [0.1, 0.15) is 0 Å². The number of rotatable bonds is 5. The molecule has 170 valence electrons. The first kappa shape index (κ1) is 21.7. The van der Waals surface area contributed by atoms with E-state index in [1.54, 1.807) is 24.3 Å². The van der Waals surface area contributed by atoms with Crippen LogP contribution in [-0.2, 0) is 19.6 Å². The largest absolute Gasteiger partial charge is 0.331 e. The fourth-order valence-electron chi connectivity index (χ4n) is 3.50. The predicted octanol–water partition coefficient (Wildman–Crippen LogP) is 1.69. The van der Waals surface area contributed by atoms with Crippen molar-refractivity contribution in [2.24, 2.45) is 0 Å². The minimum absolute atomic E-state index is 0.0769. The molecule has 33 heavy (non-hydrogen) atoms. The zero-order valence-corrected chi connectivity index (χ0v) is 19.2. The van der Waals surface area contributed by atoms with E-state index in [0.29, 0.717) is 16.2 Å². The summed E-state index contributed by atoms with van der Waals surface area (Å²) in [5.41, 5.74) is 0.872. The van der Waals surface area contributed by atoms with Gasteiger partial charge in [0, 0.05) is 22.8 Å². The Morgan fingerprint density at radius 2 is 2.06 bits per heavy atom. The van der Waals surface area contributed by atoms with Crippen molar-refractivity contribution >= 4 is 71.8 Å². The zero-order chi connectivity index (χ0) is 23.2. The van der Waals surface area contributed by atoms with E-state index >= 15 is 0 Å². The van der Waals surface area contributed by atoms with Crippen molar-refractivity contribution in [2.45, 2.75) is 4.21 Å². The number of amides is 2. The molecule has 1 fully saturated rings. The number of imidazole rings is 1. The van der Waals surface area contributed by atoms with Crippen LogP contribution in [0.15, 0.2) is 41.1 Å². The number of carbonyl (C=O) groups is 2. The van der Waals surface area contributed by atoms with Gasteiger partial charge in [-0.2, -0.15) is 4.31 Å². The number of halogens is 1. The Kier molecular flexibility index (Phi) is 5.48. The summed E-state index contributed by atoms with van der Waals surface area (Å²) in [6.07, 6.45) is 2.72. The Morgan fingerprint density at radius 3 is 2.88 bits per heavy atom. The summed E-state index contributed by atoms with van der Waals surface area (Å²) in [5, 5.41) is 3.90. The van der Waals surface area contributed by atoms with Gasteiger partial charge in [-0.25, -0.2) is 23.4 Å². The number of anilines is 1. The van der Waals surface area contributed by atoms with Crippen LogP contribution >= 0.6 is 22.9 Å². The molecule has 0 spiro atoms. The minimum Gasteiger partial charge on any atom is -0.331 e.